The monoisotopic (exact) mass is 637 g/mol. The molecule has 2 N–H and O–H groups in total. The Morgan fingerprint density at radius 2 is 1.74 bits per heavy atom. The summed E-state index contributed by atoms with van der Waals surface area (Å²) in [5.74, 6) is 1.31. The fourth-order valence-corrected chi connectivity index (χ4v) is 7.24. The molecule has 0 spiro atoms. The van der Waals surface area contributed by atoms with E-state index in [1.807, 2.05) is 31.9 Å². The number of anilines is 2. The van der Waals surface area contributed by atoms with E-state index in [1.165, 1.54) is 23.0 Å². The van der Waals surface area contributed by atoms with Crippen molar-refractivity contribution >= 4 is 17.3 Å². The molecule has 254 valence electrons. The molecule has 10 heteroatoms. The Morgan fingerprint density at radius 3 is 2.39 bits per heavy atom. The second-order valence-electron chi connectivity index (χ2n) is 12.8. The van der Waals surface area contributed by atoms with Crippen LogP contribution in [-0.2, 0) is 9.53 Å². The number of amides is 1. The summed E-state index contributed by atoms with van der Waals surface area (Å²) in [4.78, 5) is 30.3. The van der Waals surface area contributed by atoms with Gasteiger partial charge >= 0.3 is 0 Å². The third-order valence-electron chi connectivity index (χ3n) is 10.2. The number of morpholine rings is 1. The zero-order valence-electron chi connectivity index (χ0n) is 28.3. The Balaban J connectivity index is 0.00000235. The van der Waals surface area contributed by atoms with E-state index >= 15 is 0 Å². The average Bonchev–Trinajstić information content (AvgIpc) is 3.35. The molecule has 1 aromatic carbocycles. The second kappa shape index (κ2) is 17.6. The smallest absolute Gasteiger partial charge is 0.265 e. The lowest BCUT2D eigenvalue weighted by molar-refractivity contribution is -0.419. The summed E-state index contributed by atoms with van der Waals surface area (Å²) in [6.45, 7) is 13.8. The van der Waals surface area contributed by atoms with Gasteiger partial charge in [-0.25, -0.2) is 0 Å². The van der Waals surface area contributed by atoms with Gasteiger partial charge in [0.2, 0.25) is 5.91 Å². The third-order valence-corrected chi connectivity index (χ3v) is 10.2. The van der Waals surface area contributed by atoms with Crippen LogP contribution in [0, 0.1) is 22.0 Å². The highest BCUT2D eigenvalue weighted by Gasteiger charge is 2.31. The van der Waals surface area contributed by atoms with Crippen molar-refractivity contribution in [1.82, 2.24) is 9.80 Å². The zero-order valence-corrected chi connectivity index (χ0v) is 28.3. The van der Waals surface area contributed by atoms with Gasteiger partial charge < -0.3 is 29.9 Å². The van der Waals surface area contributed by atoms with Crippen LogP contribution in [0.3, 0.4) is 0 Å². The maximum absolute atomic E-state index is 12.9. The van der Waals surface area contributed by atoms with Gasteiger partial charge in [0.15, 0.2) is 0 Å². The van der Waals surface area contributed by atoms with Crippen LogP contribution in [0.5, 0.6) is 0 Å². The van der Waals surface area contributed by atoms with Crippen molar-refractivity contribution in [1.29, 1.82) is 0 Å². The molecule has 5 rings (SSSR count). The van der Waals surface area contributed by atoms with Crippen LogP contribution in [0.4, 0.5) is 11.4 Å². The van der Waals surface area contributed by atoms with Crippen molar-refractivity contribution in [2.75, 3.05) is 76.3 Å². The molecule has 1 aromatic rings. The first-order valence-electron chi connectivity index (χ1n) is 17.4. The molecular weight excluding hydrogens is 582 g/mol. The largest absolute Gasteiger partial charge is 0.392 e. The maximum Gasteiger partial charge on any atom is 0.265 e. The third kappa shape index (κ3) is 9.42. The van der Waals surface area contributed by atoms with Crippen molar-refractivity contribution in [3.63, 3.8) is 0 Å². The van der Waals surface area contributed by atoms with Gasteiger partial charge in [-0.15, -0.1) is 0 Å². The predicted molar refractivity (Wildman–Crippen MR) is 185 cm³/mol. The number of likely N-dealkylation sites (tertiary alicyclic amines) is 2. The summed E-state index contributed by atoms with van der Waals surface area (Å²) in [6, 6.07) is 6.82. The number of nitrogens with one attached hydrogen (secondary N) is 1. The van der Waals surface area contributed by atoms with E-state index in [-0.39, 0.29) is 30.0 Å². The number of nitro groups is 1. The minimum Gasteiger partial charge on any atom is -0.392 e. The molecule has 10 nitrogen and oxygen atoms in total. The van der Waals surface area contributed by atoms with Crippen LogP contribution in [0.15, 0.2) is 53.8 Å². The first kappa shape index (κ1) is 35.6. The Morgan fingerprint density at radius 1 is 1.07 bits per heavy atom. The van der Waals surface area contributed by atoms with E-state index in [2.05, 4.69) is 40.2 Å². The Labute approximate surface area is 275 Å². The standard InChI is InChI=1S/C34H49N5O5.C2H6/c1-25(31-23-30(8-9-32(31)35-2)37-18-20-44-21-19-37)27-10-14-36(15-11-27)24-33(40)28-12-16-38(17-13-28)34(41)22-26-4-3-5-29(7-6-26)39(42)43;1-2/h3-5,7-9,23,25,27-28,33,35,40H,6,10-22,24H2,1-2H3;1-2H3. The van der Waals surface area contributed by atoms with E-state index in [1.54, 1.807) is 12.2 Å². The van der Waals surface area contributed by atoms with Gasteiger partial charge in [0.05, 0.1) is 24.2 Å². The van der Waals surface area contributed by atoms with E-state index < -0.39 is 4.92 Å². The van der Waals surface area contributed by atoms with Gasteiger partial charge in [-0.3, -0.25) is 14.9 Å². The molecule has 0 bridgehead atoms. The van der Waals surface area contributed by atoms with Crippen LogP contribution >= 0.6 is 0 Å². The fourth-order valence-electron chi connectivity index (χ4n) is 7.24. The van der Waals surface area contributed by atoms with Crippen LogP contribution in [0.1, 0.15) is 70.8 Å². The molecule has 1 amide bonds. The highest BCUT2D eigenvalue weighted by Crippen LogP contribution is 2.38. The number of aliphatic hydroxyl groups is 1. The summed E-state index contributed by atoms with van der Waals surface area (Å²) in [5, 5.41) is 25.6. The second-order valence-corrected chi connectivity index (χ2v) is 12.8. The number of ether oxygens (including phenoxy) is 1. The quantitative estimate of drug-likeness (QED) is 0.258. The molecule has 3 saturated heterocycles. The van der Waals surface area contributed by atoms with E-state index in [0.717, 1.165) is 70.6 Å². The Hall–Kier alpha value is -3.21. The lowest BCUT2D eigenvalue weighted by Crippen LogP contribution is -2.46. The molecule has 3 fully saturated rings. The highest BCUT2D eigenvalue weighted by atomic mass is 16.6. The predicted octanol–water partition coefficient (Wildman–Crippen LogP) is 5.44. The van der Waals surface area contributed by atoms with Gasteiger partial charge in [0, 0.05) is 63.6 Å². The lowest BCUT2D eigenvalue weighted by atomic mass is 9.80. The van der Waals surface area contributed by atoms with Gasteiger partial charge in [-0.2, -0.15) is 0 Å². The van der Waals surface area contributed by atoms with Crippen molar-refractivity contribution in [3.8, 4) is 0 Å². The van der Waals surface area contributed by atoms with Crippen molar-refractivity contribution < 1.29 is 19.6 Å². The van der Waals surface area contributed by atoms with Crippen LogP contribution < -0.4 is 10.2 Å². The summed E-state index contributed by atoms with van der Waals surface area (Å²) in [6.07, 6.45) is 10.7. The average molecular weight is 638 g/mol. The Kier molecular flexibility index (Phi) is 13.7. The molecule has 0 saturated carbocycles. The highest BCUT2D eigenvalue weighted by molar-refractivity contribution is 5.79. The molecule has 0 aromatic heterocycles. The molecule has 0 radical (unpaired) electrons. The van der Waals surface area contributed by atoms with Crippen molar-refractivity contribution in [2.24, 2.45) is 11.8 Å². The van der Waals surface area contributed by atoms with Crippen LogP contribution in [0.2, 0.25) is 0 Å². The van der Waals surface area contributed by atoms with Crippen LogP contribution in [0.25, 0.3) is 0 Å². The van der Waals surface area contributed by atoms with E-state index in [9.17, 15) is 20.0 Å². The van der Waals surface area contributed by atoms with Crippen molar-refractivity contribution in [3.05, 3.63) is 69.5 Å². The summed E-state index contributed by atoms with van der Waals surface area (Å²) in [7, 11) is 2.00. The number of aliphatic hydroxyl groups excluding tert-OH is 1. The number of benzene rings is 1. The maximum atomic E-state index is 12.9. The zero-order chi connectivity index (χ0) is 33.1. The minimum absolute atomic E-state index is 0.0589. The number of carbonyl (C=O) groups is 1. The Bertz CT molecular complexity index is 1240. The molecule has 3 aliphatic heterocycles. The molecular formula is C36H55N5O5. The van der Waals surface area contributed by atoms with Gasteiger partial charge in [0.25, 0.3) is 5.70 Å². The van der Waals surface area contributed by atoms with Gasteiger partial charge in [0.1, 0.15) is 0 Å². The van der Waals surface area contributed by atoms with Crippen LogP contribution in [-0.4, -0.2) is 97.9 Å². The number of nitrogens with zero attached hydrogens (tertiary/aromatic N) is 4. The number of allylic oxidation sites excluding steroid dienone is 4. The number of rotatable bonds is 10. The molecule has 1 aliphatic carbocycles. The summed E-state index contributed by atoms with van der Waals surface area (Å²) >= 11 is 0. The normalized spacial score (nSPS) is 21.3. The number of β-amino-alcohol motifs (C(OH)–C–C–N with tert-alkyl or cyclic N) is 1. The first-order valence-corrected chi connectivity index (χ1v) is 17.4. The number of hydrogen-bond acceptors (Lipinski definition) is 8. The summed E-state index contributed by atoms with van der Waals surface area (Å²) in [5.41, 5.74) is 4.83. The van der Waals surface area contributed by atoms with Gasteiger partial charge in [-0.05, 0) is 92.8 Å². The van der Waals surface area contributed by atoms with E-state index in [4.69, 9.17) is 4.74 Å². The first-order chi connectivity index (χ1) is 22.3. The lowest BCUT2D eigenvalue weighted by Gasteiger charge is -2.39. The molecule has 3 heterocycles. The SMILES string of the molecule is CC.CNc1ccc(N2CCOCC2)cc1C(C)C1CCN(CC(O)C2CCN(C(=O)CC3=CC=CC([N+](=O)[O-])=CC3)CC2)CC1. The van der Waals surface area contributed by atoms with E-state index in [0.29, 0.717) is 37.9 Å². The molecule has 2 atom stereocenters. The minimum atomic E-state index is -0.402. The fraction of sp³-hybridized carbons (Fsp3) is 0.639. The van der Waals surface area contributed by atoms with Crippen molar-refractivity contribution in [2.45, 2.75) is 71.3 Å². The topological polar surface area (TPSA) is 111 Å². The summed E-state index contributed by atoms with van der Waals surface area (Å²) < 4.78 is 5.55. The number of hydrogen-bond donors (Lipinski definition) is 2. The number of carbonyl (C=O) groups excluding carboxylic acids is 1. The molecule has 46 heavy (non-hydrogen) atoms. The number of piperidine rings is 2. The van der Waals surface area contributed by atoms with Gasteiger partial charge in [-0.1, -0.05) is 38.5 Å². The molecule has 2 unspecified atom stereocenters. The molecule has 4 aliphatic rings.